The van der Waals surface area contributed by atoms with Crippen LogP contribution in [0.4, 0.5) is 0 Å². The SMILES string of the molecule is Cc1cc(C(=O)CSc2nnc(-c3ccc4c(c3)OCO4)o2)c(C)n1-c1ccccc1. The van der Waals surface area contributed by atoms with E-state index >= 15 is 0 Å². The monoisotopic (exact) mass is 433 g/mol. The van der Waals surface area contributed by atoms with Gasteiger partial charge in [-0.2, -0.15) is 0 Å². The van der Waals surface area contributed by atoms with E-state index in [1.54, 1.807) is 12.1 Å². The molecule has 0 radical (unpaired) electrons. The smallest absolute Gasteiger partial charge is 0.277 e. The molecule has 0 atom stereocenters. The van der Waals surface area contributed by atoms with Gasteiger partial charge in [0.2, 0.25) is 12.7 Å². The fourth-order valence-electron chi connectivity index (χ4n) is 3.64. The van der Waals surface area contributed by atoms with Gasteiger partial charge in [0.1, 0.15) is 0 Å². The van der Waals surface area contributed by atoms with Crippen LogP contribution >= 0.6 is 11.8 Å². The molecule has 3 heterocycles. The van der Waals surface area contributed by atoms with Crippen LogP contribution in [0.15, 0.2) is 64.2 Å². The van der Waals surface area contributed by atoms with E-state index in [9.17, 15) is 4.79 Å². The molecule has 0 bridgehead atoms. The molecule has 31 heavy (non-hydrogen) atoms. The summed E-state index contributed by atoms with van der Waals surface area (Å²) in [6.45, 7) is 4.17. The van der Waals surface area contributed by atoms with Crippen molar-refractivity contribution in [2.24, 2.45) is 0 Å². The minimum Gasteiger partial charge on any atom is -0.454 e. The van der Waals surface area contributed by atoms with E-state index in [1.807, 2.05) is 56.3 Å². The number of Topliss-reactive ketones (excluding diaryl/α,β-unsaturated/α-hetero) is 1. The molecule has 8 heteroatoms. The first kappa shape index (κ1) is 19.4. The minimum absolute atomic E-state index is 0.0168. The molecule has 7 nitrogen and oxygen atoms in total. The third kappa shape index (κ3) is 3.70. The van der Waals surface area contributed by atoms with Crippen LogP contribution in [0, 0.1) is 13.8 Å². The zero-order valence-electron chi connectivity index (χ0n) is 17.0. The normalized spacial score (nSPS) is 12.3. The van der Waals surface area contributed by atoms with Crippen LogP contribution in [0.5, 0.6) is 11.5 Å². The van der Waals surface area contributed by atoms with E-state index in [0.29, 0.717) is 28.2 Å². The number of hydrogen-bond donors (Lipinski definition) is 0. The van der Waals surface area contributed by atoms with Crippen LogP contribution in [0.3, 0.4) is 0 Å². The van der Waals surface area contributed by atoms with Crippen molar-refractivity contribution in [3.63, 3.8) is 0 Å². The second kappa shape index (κ2) is 7.96. The van der Waals surface area contributed by atoms with Crippen molar-refractivity contribution in [1.82, 2.24) is 14.8 Å². The molecular weight excluding hydrogens is 414 g/mol. The maximum absolute atomic E-state index is 12.9. The van der Waals surface area contributed by atoms with Crippen molar-refractivity contribution >= 4 is 17.5 Å². The lowest BCUT2D eigenvalue weighted by atomic mass is 10.2. The maximum atomic E-state index is 12.9. The number of fused-ring (bicyclic) bond motifs is 1. The number of ketones is 1. The highest BCUT2D eigenvalue weighted by atomic mass is 32.2. The number of rotatable bonds is 6. The van der Waals surface area contributed by atoms with E-state index in [2.05, 4.69) is 14.8 Å². The van der Waals surface area contributed by atoms with Gasteiger partial charge in [0.15, 0.2) is 17.3 Å². The number of aryl methyl sites for hydroxylation is 1. The second-order valence-corrected chi connectivity index (χ2v) is 8.04. The Morgan fingerprint density at radius 3 is 2.68 bits per heavy atom. The van der Waals surface area contributed by atoms with E-state index in [4.69, 9.17) is 13.9 Å². The molecule has 0 aliphatic carbocycles. The van der Waals surface area contributed by atoms with Crippen LogP contribution in [-0.4, -0.2) is 33.1 Å². The van der Waals surface area contributed by atoms with Crippen LogP contribution in [0.2, 0.25) is 0 Å². The molecule has 156 valence electrons. The molecule has 0 saturated carbocycles. The van der Waals surface area contributed by atoms with Crippen molar-refractivity contribution in [3.8, 4) is 28.6 Å². The lowest BCUT2D eigenvalue weighted by Gasteiger charge is -2.09. The zero-order valence-corrected chi connectivity index (χ0v) is 17.8. The van der Waals surface area contributed by atoms with Crippen molar-refractivity contribution in [2.45, 2.75) is 19.1 Å². The van der Waals surface area contributed by atoms with E-state index < -0.39 is 0 Å². The number of carbonyl (C=O) groups excluding carboxylic acids is 1. The van der Waals surface area contributed by atoms with Gasteiger partial charge >= 0.3 is 0 Å². The molecular formula is C23H19N3O4S. The summed E-state index contributed by atoms with van der Waals surface area (Å²) in [5.41, 5.74) is 4.40. The Labute approximate surface area is 183 Å². The fraction of sp³-hybridized carbons (Fsp3) is 0.174. The average Bonchev–Trinajstić information content (AvgIpc) is 3.51. The Bertz CT molecular complexity index is 1260. The number of thioether (sulfide) groups is 1. The number of ether oxygens (including phenoxy) is 2. The fourth-order valence-corrected chi connectivity index (χ4v) is 4.29. The summed E-state index contributed by atoms with van der Waals surface area (Å²) in [5, 5.41) is 8.50. The van der Waals surface area contributed by atoms with Crippen LogP contribution < -0.4 is 9.47 Å². The topological polar surface area (TPSA) is 79.4 Å². The summed E-state index contributed by atoms with van der Waals surface area (Å²) in [6.07, 6.45) is 0. The Morgan fingerprint density at radius 2 is 1.84 bits per heavy atom. The minimum atomic E-state index is 0.0168. The second-order valence-electron chi connectivity index (χ2n) is 7.11. The molecule has 0 N–H and O–H groups in total. The quantitative estimate of drug-likeness (QED) is 0.318. The maximum Gasteiger partial charge on any atom is 0.277 e. The van der Waals surface area contributed by atoms with Crippen LogP contribution in [0.1, 0.15) is 21.7 Å². The molecule has 1 aliphatic rings. The van der Waals surface area contributed by atoms with E-state index in [0.717, 1.165) is 22.6 Å². The third-order valence-corrected chi connectivity index (χ3v) is 5.92. The van der Waals surface area contributed by atoms with Crippen molar-refractivity contribution in [2.75, 3.05) is 12.5 Å². The van der Waals surface area contributed by atoms with Gasteiger partial charge in [0, 0.05) is 28.2 Å². The number of benzene rings is 2. The molecule has 0 amide bonds. The average molecular weight is 433 g/mol. The number of nitrogens with zero attached hydrogens (tertiary/aromatic N) is 3. The number of carbonyl (C=O) groups is 1. The van der Waals surface area contributed by atoms with Gasteiger partial charge in [-0.1, -0.05) is 30.0 Å². The van der Waals surface area contributed by atoms with Crippen LogP contribution in [0.25, 0.3) is 17.1 Å². The molecule has 0 unspecified atom stereocenters. The highest BCUT2D eigenvalue weighted by molar-refractivity contribution is 7.99. The Kier molecular flexibility index (Phi) is 4.99. The summed E-state index contributed by atoms with van der Waals surface area (Å²) < 4.78 is 18.5. The lowest BCUT2D eigenvalue weighted by Crippen LogP contribution is -2.05. The lowest BCUT2D eigenvalue weighted by molar-refractivity contribution is 0.102. The van der Waals surface area contributed by atoms with Crippen molar-refractivity contribution in [3.05, 3.63) is 71.5 Å². The van der Waals surface area contributed by atoms with Crippen molar-refractivity contribution < 1.29 is 18.7 Å². The van der Waals surface area contributed by atoms with Gasteiger partial charge in [0.25, 0.3) is 5.22 Å². The molecule has 4 aromatic rings. The van der Waals surface area contributed by atoms with E-state index in [-0.39, 0.29) is 18.3 Å². The summed E-state index contributed by atoms with van der Waals surface area (Å²) >= 11 is 1.23. The van der Waals surface area contributed by atoms with Gasteiger partial charge in [-0.05, 0) is 50.2 Å². The Morgan fingerprint density at radius 1 is 1.03 bits per heavy atom. The molecule has 2 aromatic heterocycles. The number of aromatic nitrogens is 3. The Hall–Kier alpha value is -3.52. The predicted molar refractivity (Wildman–Crippen MR) is 116 cm³/mol. The highest BCUT2D eigenvalue weighted by Gasteiger charge is 2.20. The first-order valence-electron chi connectivity index (χ1n) is 9.74. The predicted octanol–water partition coefficient (Wildman–Crippen LogP) is 4.85. The molecule has 0 saturated heterocycles. The van der Waals surface area contributed by atoms with Gasteiger partial charge in [-0.15, -0.1) is 10.2 Å². The zero-order chi connectivity index (χ0) is 21.4. The van der Waals surface area contributed by atoms with Gasteiger partial charge < -0.3 is 18.5 Å². The third-order valence-electron chi connectivity index (χ3n) is 5.10. The summed E-state index contributed by atoms with van der Waals surface area (Å²) in [6, 6.07) is 17.4. The number of para-hydroxylation sites is 1. The highest BCUT2D eigenvalue weighted by Crippen LogP contribution is 2.36. The van der Waals surface area contributed by atoms with Gasteiger partial charge in [-0.3, -0.25) is 4.79 Å². The Balaban J connectivity index is 1.30. The largest absolute Gasteiger partial charge is 0.454 e. The molecule has 0 spiro atoms. The number of hydrogen-bond acceptors (Lipinski definition) is 7. The summed E-state index contributed by atoms with van der Waals surface area (Å²) in [5.74, 6) is 1.94. The molecule has 0 fully saturated rings. The van der Waals surface area contributed by atoms with Crippen LogP contribution in [-0.2, 0) is 0 Å². The van der Waals surface area contributed by atoms with E-state index in [1.165, 1.54) is 11.8 Å². The van der Waals surface area contributed by atoms with Gasteiger partial charge in [-0.25, -0.2) is 0 Å². The van der Waals surface area contributed by atoms with Gasteiger partial charge in [0.05, 0.1) is 5.75 Å². The summed E-state index contributed by atoms with van der Waals surface area (Å²) in [4.78, 5) is 12.9. The summed E-state index contributed by atoms with van der Waals surface area (Å²) in [7, 11) is 0. The van der Waals surface area contributed by atoms with Crippen molar-refractivity contribution in [1.29, 1.82) is 0 Å². The standard InChI is InChI=1S/C23H19N3O4S/c1-14-10-18(15(2)26(14)17-6-4-3-5-7-17)19(27)12-31-23-25-24-22(30-23)16-8-9-20-21(11-16)29-13-28-20/h3-11H,12-13H2,1-2H3. The molecule has 5 rings (SSSR count). The molecule has 1 aliphatic heterocycles. The first-order chi connectivity index (χ1) is 15.1. The molecule has 2 aromatic carbocycles. The first-order valence-corrected chi connectivity index (χ1v) is 10.7.